The van der Waals surface area contributed by atoms with E-state index in [1.807, 2.05) is 0 Å². The highest BCUT2D eigenvalue weighted by Gasteiger charge is 2.40. The number of hydrogen-bond acceptors (Lipinski definition) is 2. The van der Waals surface area contributed by atoms with E-state index in [9.17, 15) is 0 Å². The molecule has 0 bridgehead atoms. The van der Waals surface area contributed by atoms with E-state index in [-0.39, 0.29) is 5.41 Å². The van der Waals surface area contributed by atoms with Gasteiger partial charge in [0.25, 0.3) is 0 Å². The summed E-state index contributed by atoms with van der Waals surface area (Å²) in [6.07, 6.45) is 5.25. The van der Waals surface area contributed by atoms with Gasteiger partial charge in [-0.15, -0.1) is 0 Å². The molecule has 1 aromatic rings. The lowest BCUT2D eigenvalue weighted by Crippen LogP contribution is -2.45. The Morgan fingerprint density at radius 3 is 2.41 bits per heavy atom. The molecule has 1 unspecified atom stereocenters. The minimum atomic E-state index is 0.0203. The number of ether oxygens (including phenoxy) is 1. The van der Waals surface area contributed by atoms with E-state index in [1.165, 1.54) is 31.2 Å². The van der Waals surface area contributed by atoms with Crippen LogP contribution in [0.15, 0.2) is 30.3 Å². The molecule has 2 nitrogen and oxygen atoms in total. The smallest absolute Gasteiger partial charge is 0.0574 e. The van der Waals surface area contributed by atoms with Crippen molar-refractivity contribution in [1.29, 1.82) is 0 Å². The summed E-state index contributed by atoms with van der Waals surface area (Å²) in [6, 6.07) is 10.7. The summed E-state index contributed by atoms with van der Waals surface area (Å²) in [5.41, 5.74) is 7.49. The maximum atomic E-state index is 6.13. The summed E-state index contributed by atoms with van der Waals surface area (Å²) in [7, 11) is 1.78. The zero-order chi connectivity index (χ0) is 12.1. The maximum Gasteiger partial charge on any atom is 0.0574 e. The van der Waals surface area contributed by atoms with Gasteiger partial charge in [0.1, 0.15) is 0 Å². The Morgan fingerprint density at radius 2 is 1.88 bits per heavy atom. The van der Waals surface area contributed by atoms with E-state index >= 15 is 0 Å². The lowest BCUT2D eigenvalue weighted by atomic mass is 9.70. The van der Waals surface area contributed by atoms with Crippen LogP contribution in [-0.2, 0) is 10.2 Å². The first-order valence-corrected chi connectivity index (χ1v) is 6.58. The molecule has 17 heavy (non-hydrogen) atoms. The van der Waals surface area contributed by atoms with Crippen LogP contribution in [-0.4, -0.2) is 20.3 Å². The van der Waals surface area contributed by atoms with Crippen LogP contribution < -0.4 is 5.73 Å². The molecule has 1 atom stereocenters. The third kappa shape index (κ3) is 2.38. The number of nitrogens with two attached hydrogens (primary N) is 1. The fourth-order valence-corrected chi connectivity index (χ4v) is 3.29. The molecule has 2 heteroatoms. The molecule has 2 N–H and O–H groups in total. The Bertz CT molecular complexity index is 332. The Labute approximate surface area is 104 Å². The summed E-state index contributed by atoms with van der Waals surface area (Å²) < 4.78 is 5.49. The fourth-order valence-electron chi connectivity index (χ4n) is 3.29. The largest absolute Gasteiger partial charge is 0.384 e. The molecular formula is C15H23NO. The van der Waals surface area contributed by atoms with Crippen LogP contribution in [0.5, 0.6) is 0 Å². The van der Waals surface area contributed by atoms with Crippen molar-refractivity contribution in [1.82, 2.24) is 0 Å². The molecule has 94 valence electrons. The third-order valence-electron chi connectivity index (χ3n) is 4.25. The third-order valence-corrected chi connectivity index (χ3v) is 4.25. The first kappa shape index (κ1) is 12.6. The quantitative estimate of drug-likeness (QED) is 0.848. The van der Waals surface area contributed by atoms with Crippen molar-refractivity contribution in [2.24, 2.45) is 11.7 Å². The second-order valence-corrected chi connectivity index (χ2v) is 5.14. The molecule has 0 amide bonds. The lowest BCUT2D eigenvalue weighted by Gasteiger charge is -2.38. The second kappa shape index (κ2) is 5.65. The topological polar surface area (TPSA) is 35.2 Å². The number of rotatable bonds is 5. The van der Waals surface area contributed by atoms with Crippen molar-refractivity contribution >= 4 is 0 Å². The lowest BCUT2D eigenvalue weighted by molar-refractivity contribution is 0.0958. The molecule has 1 fully saturated rings. The van der Waals surface area contributed by atoms with Gasteiger partial charge in [0.2, 0.25) is 0 Å². The van der Waals surface area contributed by atoms with Gasteiger partial charge in [0.15, 0.2) is 0 Å². The highest BCUT2D eigenvalue weighted by Crippen LogP contribution is 2.41. The normalized spacial score (nSPS) is 20.4. The van der Waals surface area contributed by atoms with Gasteiger partial charge in [-0.1, -0.05) is 43.2 Å². The highest BCUT2D eigenvalue weighted by molar-refractivity contribution is 5.28. The van der Waals surface area contributed by atoms with E-state index in [0.29, 0.717) is 12.5 Å². The minimum Gasteiger partial charge on any atom is -0.384 e. The standard InChI is InChI=1S/C15H23NO/c1-17-12-15(11-16,14-9-5-6-10-14)13-7-3-2-4-8-13/h2-4,7-8,14H,5-6,9-12,16H2,1H3. The predicted molar refractivity (Wildman–Crippen MR) is 71.0 cm³/mol. The number of methoxy groups -OCH3 is 1. The van der Waals surface area contributed by atoms with Gasteiger partial charge in [-0.25, -0.2) is 0 Å². The van der Waals surface area contributed by atoms with Crippen LogP contribution in [0.1, 0.15) is 31.2 Å². The molecule has 0 saturated heterocycles. The van der Waals surface area contributed by atoms with E-state index in [2.05, 4.69) is 30.3 Å². The van der Waals surface area contributed by atoms with E-state index in [4.69, 9.17) is 10.5 Å². The van der Waals surface area contributed by atoms with E-state index < -0.39 is 0 Å². The zero-order valence-electron chi connectivity index (χ0n) is 10.7. The van der Waals surface area contributed by atoms with Crippen molar-refractivity contribution in [3.05, 3.63) is 35.9 Å². The van der Waals surface area contributed by atoms with Gasteiger partial charge in [0.05, 0.1) is 6.61 Å². The summed E-state index contributed by atoms with van der Waals surface area (Å²) >= 11 is 0. The monoisotopic (exact) mass is 233 g/mol. The predicted octanol–water partition coefficient (Wildman–Crippen LogP) is 2.72. The first-order chi connectivity index (χ1) is 8.33. The molecular weight excluding hydrogens is 210 g/mol. The van der Waals surface area contributed by atoms with E-state index in [0.717, 1.165) is 6.61 Å². The molecule has 1 saturated carbocycles. The van der Waals surface area contributed by atoms with Crippen LogP contribution >= 0.6 is 0 Å². The average molecular weight is 233 g/mol. The van der Waals surface area contributed by atoms with Gasteiger partial charge in [-0.05, 0) is 24.3 Å². The van der Waals surface area contributed by atoms with Crippen molar-refractivity contribution < 1.29 is 4.74 Å². The summed E-state index contributed by atoms with van der Waals surface area (Å²) in [6.45, 7) is 1.41. The maximum absolute atomic E-state index is 6.13. The molecule has 2 rings (SSSR count). The Kier molecular flexibility index (Phi) is 4.19. The van der Waals surface area contributed by atoms with Crippen LogP contribution in [0, 0.1) is 5.92 Å². The Hall–Kier alpha value is -0.860. The van der Waals surface area contributed by atoms with Crippen molar-refractivity contribution in [3.63, 3.8) is 0 Å². The first-order valence-electron chi connectivity index (χ1n) is 6.58. The Morgan fingerprint density at radius 1 is 1.24 bits per heavy atom. The van der Waals surface area contributed by atoms with Crippen molar-refractivity contribution in [2.75, 3.05) is 20.3 Å². The van der Waals surface area contributed by atoms with E-state index in [1.54, 1.807) is 7.11 Å². The molecule has 0 spiro atoms. The molecule has 1 aliphatic carbocycles. The van der Waals surface area contributed by atoms with Gasteiger partial charge < -0.3 is 10.5 Å². The van der Waals surface area contributed by atoms with Gasteiger partial charge >= 0.3 is 0 Å². The summed E-state index contributed by atoms with van der Waals surface area (Å²) in [5, 5.41) is 0. The molecule has 1 aromatic carbocycles. The zero-order valence-corrected chi connectivity index (χ0v) is 10.7. The van der Waals surface area contributed by atoms with Gasteiger partial charge in [-0.3, -0.25) is 0 Å². The minimum absolute atomic E-state index is 0.0203. The molecule has 0 aromatic heterocycles. The number of benzene rings is 1. The average Bonchev–Trinajstić information content (AvgIpc) is 2.91. The van der Waals surface area contributed by atoms with Crippen LogP contribution in [0.2, 0.25) is 0 Å². The second-order valence-electron chi connectivity index (χ2n) is 5.14. The van der Waals surface area contributed by atoms with Crippen molar-refractivity contribution in [3.8, 4) is 0 Å². The summed E-state index contributed by atoms with van der Waals surface area (Å²) in [5.74, 6) is 0.676. The van der Waals surface area contributed by atoms with Crippen LogP contribution in [0.3, 0.4) is 0 Å². The highest BCUT2D eigenvalue weighted by atomic mass is 16.5. The van der Waals surface area contributed by atoms with Gasteiger partial charge in [0, 0.05) is 19.1 Å². The molecule has 0 radical (unpaired) electrons. The van der Waals surface area contributed by atoms with Gasteiger partial charge in [-0.2, -0.15) is 0 Å². The molecule has 0 heterocycles. The van der Waals surface area contributed by atoms with Crippen LogP contribution in [0.4, 0.5) is 0 Å². The summed E-state index contributed by atoms with van der Waals surface area (Å²) in [4.78, 5) is 0. The number of hydrogen-bond donors (Lipinski definition) is 1. The van der Waals surface area contributed by atoms with Crippen LogP contribution in [0.25, 0.3) is 0 Å². The van der Waals surface area contributed by atoms with Crippen molar-refractivity contribution in [2.45, 2.75) is 31.1 Å². The molecule has 0 aliphatic heterocycles. The SMILES string of the molecule is COCC(CN)(c1ccccc1)C1CCCC1. The fraction of sp³-hybridized carbons (Fsp3) is 0.600. The molecule has 1 aliphatic rings. The Balaban J connectivity index is 2.34.